The number of rotatable bonds is 7. The molecule has 0 bridgehead atoms. The van der Waals surface area contributed by atoms with Gasteiger partial charge in [0.05, 0.1) is 6.67 Å². The summed E-state index contributed by atoms with van der Waals surface area (Å²) in [5.41, 5.74) is 14.0. The molecule has 1 aliphatic carbocycles. The minimum atomic E-state index is -0.265. The first kappa shape index (κ1) is 23.4. The Kier molecular flexibility index (Phi) is 7.05. The number of halogens is 1. The maximum absolute atomic E-state index is 12.5. The third-order valence-corrected chi connectivity index (χ3v) is 7.06. The first-order valence-electron chi connectivity index (χ1n) is 12.6. The highest BCUT2D eigenvalue weighted by Crippen LogP contribution is 2.41. The van der Waals surface area contributed by atoms with Crippen LogP contribution in [-0.2, 0) is 6.42 Å². The van der Waals surface area contributed by atoms with Gasteiger partial charge >= 0.3 is 0 Å². The number of phenols is 1. The lowest BCUT2D eigenvalue weighted by Crippen LogP contribution is -2.26. The maximum atomic E-state index is 12.5. The number of phenolic OH excluding ortho intramolecular Hbond substituents is 1. The molecule has 5 heteroatoms. The topological polar surface area (TPSA) is 58.7 Å². The molecule has 1 heterocycles. The molecule has 35 heavy (non-hydrogen) atoms. The van der Waals surface area contributed by atoms with Crippen molar-refractivity contribution in [2.75, 3.05) is 32.0 Å². The van der Waals surface area contributed by atoms with Gasteiger partial charge in [0.1, 0.15) is 17.6 Å². The molecule has 182 valence electrons. The lowest BCUT2D eigenvalue weighted by Gasteiger charge is -2.19. The lowest BCUT2D eigenvalue weighted by molar-refractivity contribution is 0.198. The number of ether oxygens (including phenoxy) is 1. The molecule has 0 amide bonds. The number of nitrogens with two attached hydrogens (primary N) is 1. The van der Waals surface area contributed by atoms with Crippen molar-refractivity contribution in [1.82, 2.24) is 4.90 Å². The molecule has 0 spiro atoms. The van der Waals surface area contributed by atoms with Crippen molar-refractivity contribution < 1.29 is 14.2 Å². The van der Waals surface area contributed by atoms with E-state index in [0.29, 0.717) is 6.42 Å². The molecule has 0 aromatic heterocycles. The van der Waals surface area contributed by atoms with E-state index in [1.54, 1.807) is 6.07 Å². The van der Waals surface area contributed by atoms with E-state index >= 15 is 0 Å². The van der Waals surface area contributed by atoms with Gasteiger partial charge in [-0.2, -0.15) is 0 Å². The monoisotopic (exact) mass is 472 g/mol. The molecule has 3 aromatic rings. The summed E-state index contributed by atoms with van der Waals surface area (Å²) in [4.78, 5) is 2.28. The fraction of sp³-hybridized carbons (Fsp3) is 0.333. The molecule has 3 N–H and O–H groups in total. The number of benzene rings is 3. The number of aromatic hydroxyl groups is 1. The van der Waals surface area contributed by atoms with E-state index in [9.17, 15) is 9.50 Å². The van der Waals surface area contributed by atoms with Gasteiger partial charge in [0.2, 0.25) is 0 Å². The highest BCUT2D eigenvalue weighted by atomic mass is 19.1. The Morgan fingerprint density at radius 2 is 1.86 bits per heavy atom. The number of anilines is 1. The molecule has 2 aliphatic rings. The molecule has 5 rings (SSSR count). The van der Waals surface area contributed by atoms with Crippen LogP contribution < -0.4 is 10.5 Å². The minimum absolute atomic E-state index is 0.140. The summed E-state index contributed by atoms with van der Waals surface area (Å²) in [5, 5.41) is 10.2. The molecular weight excluding hydrogens is 439 g/mol. The number of likely N-dealkylation sites (tertiary alicyclic amines) is 1. The number of aryl methyl sites for hydroxylation is 1. The number of fused-ring (bicyclic) bond motifs is 1. The van der Waals surface area contributed by atoms with E-state index in [2.05, 4.69) is 35.2 Å². The van der Waals surface area contributed by atoms with Crippen LogP contribution in [0.2, 0.25) is 0 Å². The molecule has 1 aliphatic heterocycles. The van der Waals surface area contributed by atoms with Crippen LogP contribution in [-0.4, -0.2) is 42.4 Å². The van der Waals surface area contributed by atoms with Gasteiger partial charge < -0.3 is 15.6 Å². The lowest BCUT2D eigenvalue weighted by atomic mass is 9.87. The molecular formula is C30H33FN2O2. The second kappa shape index (κ2) is 10.5. The van der Waals surface area contributed by atoms with E-state index in [-0.39, 0.29) is 18.5 Å². The van der Waals surface area contributed by atoms with Gasteiger partial charge in [0.15, 0.2) is 0 Å². The highest BCUT2D eigenvalue weighted by Gasteiger charge is 2.24. The average Bonchev–Trinajstić information content (AvgIpc) is 3.22. The predicted molar refractivity (Wildman–Crippen MR) is 140 cm³/mol. The normalized spacial score (nSPS) is 18.4. The summed E-state index contributed by atoms with van der Waals surface area (Å²) in [5.74, 6) is 1.12. The molecule has 4 nitrogen and oxygen atoms in total. The van der Waals surface area contributed by atoms with Crippen LogP contribution >= 0.6 is 0 Å². The molecule has 1 fully saturated rings. The fourth-order valence-electron chi connectivity index (χ4n) is 5.37. The maximum Gasteiger partial charge on any atom is 0.119 e. The Bertz CT molecular complexity index is 1210. The van der Waals surface area contributed by atoms with Crippen LogP contribution in [0.15, 0.2) is 66.7 Å². The van der Waals surface area contributed by atoms with Crippen LogP contribution in [0.25, 0.3) is 11.1 Å². The summed E-state index contributed by atoms with van der Waals surface area (Å²) >= 11 is 0. The summed E-state index contributed by atoms with van der Waals surface area (Å²) in [6.07, 6.45) is 4.64. The Balaban J connectivity index is 1.47. The number of hydrogen-bond acceptors (Lipinski definition) is 4. The minimum Gasteiger partial charge on any atom is -0.508 e. The molecule has 3 aromatic carbocycles. The second-order valence-electron chi connectivity index (χ2n) is 9.57. The van der Waals surface area contributed by atoms with E-state index < -0.39 is 0 Å². The van der Waals surface area contributed by atoms with Crippen molar-refractivity contribution in [3.8, 4) is 11.5 Å². The van der Waals surface area contributed by atoms with Gasteiger partial charge in [-0.05, 0) is 102 Å². The average molecular weight is 473 g/mol. The van der Waals surface area contributed by atoms with Crippen molar-refractivity contribution in [2.24, 2.45) is 0 Å². The zero-order valence-electron chi connectivity index (χ0n) is 20.1. The van der Waals surface area contributed by atoms with Crippen molar-refractivity contribution in [3.63, 3.8) is 0 Å². The molecule has 1 atom stereocenters. The van der Waals surface area contributed by atoms with Gasteiger partial charge in [0, 0.05) is 25.3 Å². The molecule has 1 unspecified atom stereocenters. The van der Waals surface area contributed by atoms with Crippen LogP contribution in [0.3, 0.4) is 0 Å². The summed E-state index contributed by atoms with van der Waals surface area (Å²) in [6.45, 7) is 2.34. The van der Waals surface area contributed by atoms with Gasteiger partial charge in [0.25, 0.3) is 0 Å². The van der Waals surface area contributed by atoms with Gasteiger partial charge in [-0.3, -0.25) is 9.29 Å². The molecule has 0 radical (unpaired) electrons. The fourth-order valence-corrected chi connectivity index (χ4v) is 5.37. The van der Waals surface area contributed by atoms with Gasteiger partial charge in [-0.25, -0.2) is 0 Å². The standard InChI is InChI=1S/C30H33FN2O2/c31-15-3-16-33-17-14-27(20-33)35-26-12-9-22(10-13-26)30-28(23-5-1-6-25(34)18-23)7-2-4-21-8-11-24(32)19-29(21)30/h1,5-6,8-13,18-19,27,34H,2-4,7,14-17,20,32H2. The van der Waals surface area contributed by atoms with E-state index in [1.807, 2.05) is 30.3 Å². The third kappa shape index (κ3) is 5.35. The largest absolute Gasteiger partial charge is 0.508 e. The Morgan fingerprint density at radius 3 is 2.66 bits per heavy atom. The quantitative estimate of drug-likeness (QED) is 0.409. The zero-order valence-corrected chi connectivity index (χ0v) is 20.1. The first-order valence-corrected chi connectivity index (χ1v) is 12.6. The van der Waals surface area contributed by atoms with Gasteiger partial charge in [-0.1, -0.05) is 30.3 Å². The third-order valence-electron chi connectivity index (χ3n) is 7.06. The van der Waals surface area contributed by atoms with Crippen molar-refractivity contribution >= 4 is 16.8 Å². The first-order chi connectivity index (χ1) is 17.1. The Hall–Kier alpha value is -3.31. The number of allylic oxidation sites excluding steroid dienone is 1. The van der Waals surface area contributed by atoms with E-state index in [4.69, 9.17) is 10.5 Å². The zero-order chi connectivity index (χ0) is 24.2. The summed E-state index contributed by atoms with van der Waals surface area (Å²) in [6, 6.07) is 22.1. The van der Waals surface area contributed by atoms with Crippen molar-refractivity contribution in [1.29, 1.82) is 0 Å². The predicted octanol–water partition coefficient (Wildman–Crippen LogP) is 6.08. The Morgan fingerprint density at radius 1 is 1.00 bits per heavy atom. The van der Waals surface area contributed by atoms with E-state index in [0.717, 1.165) is 73.4 Å². The Labute approximate surface area is 206 Å². The summed E-state index contributed by atoms with van der Waals surface area (Å²) in [7, 11) is 0. The van der Waals surface area contributed by atoms with E-state index in [1.165, 1.54) is 16.7 Å². The smallest absolute Gasteiger partial charge is 0.119 e. The number of hydrogen-bond donors (Lipinski definition) is 2. The summed E-state index contributed by atoms with van der Waals surface area (Å²) < 4.78 is 18.8. The van der Waals surface area contributed by atoms with Gasteiger partial charge in [-0.15, -0.1) is 0 Å². The SMILES string of the molecule is Nc1ccc2c(c1)C(c1ccc(OC3CCN(CCCF)C3)cc1)=C(c1cccc(O)c1)CCC2. The van der Waals surface area contributed by atoms with Crippen molar-refractivity contribution in [2.45, 2.75) is 38.2 Å². The number of nitrogens with zero attached hydrogens (tertiary/aromatic N) is 1. The van der Waals surface area contributed by atoms with Crippen LogP contribution in [0, 0.1) is 0 Å². The second-order valence-corrected chi connectivity index (χ2v) is 9.57. The van der Waals surface area contributed by atoms with Crippen LogP contribution in [0.1, 0.15) is 47.9 Å². The van der Waals surface area contributed by atoms with Crippen molar-refractivity contribution in [3.05, 3.63) is 89.0 Å². The number of nitrogen functional groups attached to an aromatic ring is 1. The highest BCUT2D eigenvalue weighted by molar-refractivity contribution is 6.00. The molecule has 0 saturated carbocycles. The van der Waals surface area contributed by atoms with Crippen LogP contribution in [0.5, 0.6) is 11.5 Å². The van der Waals surface area contributed by atoms with Crippen LogP contribution in [0.4, 0.5) is 10.1 Å². The number of alkyl halides is 1. The molecule has 1 saturated heterocycles.